The number of nitrogens with two attached hydrogens (primary N) is 2. The van der Waals surface area contributed by atoms with E-state index in [1.54, 1.807) is 0 Å². The molecule has 2 unspecified atom stereocenters. The maximum atomic E-state index is 13.1. The van der Waals surface area contributed by atoms with Crippen LogP contribution in [0.2, 0.25) is 0 Å². The Bertz CT molecular complexity index is 1660. The van der Waals surface area contributed by atoms with Crippen LogP contribution < -0.4 is 17.2 Å². The first-order chi connectivity index (χ1) is 19.8. The van der Waals surface area contributed by atoms with Crippen LogP contribution in [0.5, 0.6) is 0 Å². The van der Waals surface area contributed by atoms with E-state index in [1.165, 1.54) is 17.0 Å². The van der Waals surface area contributed by atoms with E-state index in [0.717, 1.165) is 17.1 Å². The molecule has 0 radical (unpaired) electrons. The maximum Gasteiger partial charge on any atom is 0.472 e. The Labute approximate surface area is 233 Å². The van der Waals surface area contributed by atoms with Crippen molar-refractivity contribution in [2.75, 3.05) is 24.7 Å². The molecule has 23 heteroatoms. The Morgan fingerprint density at radius 3 is 2.26 bits per heavy atom. The van der Waals surface area contributed by atoms with Crippen molar-refractivity contribution >= 4 is 38.4 Å². The molecule has 21 nitrogen and oxygen atoms in total. The van der Waals surface area contributed by atoms with Gasteiger partial charge in [-0.2, -0.15) is 4.98 Å². The lowest BCUT2D eigenvalue weighted by Gasteiger charge is -2.25. The second-order valence-corrected chi connectivity index (χ2v) is 12.2. The number of rotatable bonds is 2. The van der Waals surface area contributed by atoms with Crippen LogP contribution in [0.4, 0.5) is 11.6 Å². The number of phosphoric acid groups is 2. The van der Waals surface area contributed by atoms with Crippen LogP contribution in [0.15, 0.2) is 29.7 Å². The van der Waals surface area contributed by atoms with Gasteiger partial charge in [-0.25, -0.2) is 28.9 Å². The fourth-order valence-corrected chi connectivity index (χ4v) is 6.68. The summed E-state index contributed by atoms with van der Waals surface area (Å²) in [5.41, 5.74) is 10.7. The summed E-state index contributed by atoms with van der Waals surface area (Å²) in [6.45, 7) is -1.65. The fraction of sp³-hybridized carbons (Fsp3) is 0.526. The molecule has 0 aliphatic carbocycles. The van der Waals surface area contributed by atoms with Gasteiger partial charge in [0.15, 0.2) is 23.9 Å². The summed E-state index contributed by atoms with van der Waals surface area (Å²) in [5.74, 6) is -0.0932. The average Bonchev–Trinajstić information content (AvgIpc) is 3.57. The number of aliphatic hydroxyl groups excluding tert-OH is 2. The molecule has 0 aromatic carbocycles. The summed E-state index contributed by atoms with van der Waals surface area (Å²) >= 11 is 0. The van der Waals surface area contributed by atoms with Gasteiger partial charge in [0.2, 0.25) is 0 Å². The minimum absolute atomic E-state index is 0.0231. The third-order valence-electron chi connectivity index (χ3n) is 6.72. The lowest BCUT2D eigenvalue weighted by Crippen LogP contribution is -2.38. The van der Waals surface area contributed by atoms with Crippen molar-refractivity contribution in [3.8, 4) is 0 Å². The van der Waals surface area contributed by atoms with Crippen molar-refractivity contribution in [3.63, 3.8) is 0 Å². The predicted octanol–water partition coefficient (Wildman–Crippen LogP) is -2.22. The lowest BCUT2D eigenvalue weighted by atomic mass is 10.1. The number of fused-ring (bicyclic) bond motifs is 4. The van der Waals surface area contributed by atoms with E-state index < -0.39 is 83.6 Å². The third kappa shape index (κ3) is 5.34. The topological polar surface area (TPSA) is 301 Å². The highest BCUT2D eigenvalue weighted by molar-refractivity contribution is 7.47. The molecule has 6 heterocycles. The van der Waals surface area contributed by atoms with Gasteiger partial charge in [-0.05, 0) is 6.07 Å². The number of nitrogen functional groups attached to an aromatic ring is 2. The molecule has 3 aromatic heterocycles. The SMILES string of the molecule is Nc1ccn([C@@H]2O[C@@H]3COP(=O)(O)O[C@@H]4[C@H](O)[C@@H](COP(=O)(O)O[C@H]3[C@H]2O)O[C@H]4n2cnc3c(N)ncnc32)c(=O)n1. The van der Waals surface area contributed by atoms with Crippen LogP contribution in [0, 0.1) is 0 Å². The molecule has 3 fully saturated rings. The van der Waals surface area contributed by atoms with E-state index in [2.05, 4.69) is 19.9 Å². The highest BCUT2D eigenvalue weighted by Crippen LogP contribution is 2.53. The summed E-state index contributed by atoms with van der Waals surface area (Å²) in [7, 11) is -10.1. The highest BCUT2D eigenvalue weighted by Gasteiger charge is 2.53. The zero-order valence-electron chi connectivity index (χ0n) is 21.0. The van der Waals surface area contributed by atoms with E-state index in [0.29, 0.717) is 0 Å². The number of aliphatic hydroxyl groups is 2. The zero-order chi connectivity index (χ0) is 30.0. The average molecular weight is 634 g/mol. The van der Waals surface area contributed by atoms with Gasteiger partial charge in [0.05, 0.1) is 19.5 Å². The molecule has 3 aromatic rings. The number of aromatic nitrogens is 6. The second-order valence-electron chi connectivity index (χ2n) is 9.41. The van der Waals surface area contributed by atoms with E-state index in [9.17, 15) is 33.9 Å². The van der Waals surface area contributed by atoms with E-state index in [-0.39, 0.29) is 22.8 Å². The Kier molecular flexibility index (Phi) is 7.41. The number of phosphoric ester groups is 2. The van der Waals surface area contributed by atoms with Crippen LogP contribution in [-0.2, 0) is 36.7 Å². The minimum Gasteiger partial charge on any atom is -0.387 e. The molecule has 8 N–H and O–H groups in total. The normalized spacial score (nSPS) is 39.3. The van der Waals surface area contributed by atoms with Gasteiger partial charge in [0, 0.05) is 6.20 Å². The summed E-state index contributed by atoms with van der Waals surface area (Å²) in [5, 5.41) is 21.8. The van der Waals surface area contributed by atoms with Crippen LogP contribution in [-0.4, -0.2) is 98.9 Å². The van der Waals surface area contributed by atoms with Gasteiger partial charge in [0.25, 0.3) is 0 Å². The standard InChI is InChI=1S/C19H24N8O13P2/c20-9-1-2-26(19(30)25-9)17-12(29)13-8(38-17)4-36-42(33,34)40-14-11(28)7(3-35-41(31,32)39-13)37-18(14)27-6-24-10-15(21)22-5-23-16(10)27/h1-2,5-8,11-14,17-18,28-29H,3-4H2,(H,31,32)(H,33,34)(H2,20,25,30)(H2,21,22,23)/t7-,8-,11-,12-,13-,14-,17-,18-/m1/s1. The highest BCUT2D eigenvalue weighted by atomic mass is 31.2. The molecule has 0 saturated carbocycles. The fourth-order valence-electron chi connectivity index (χ4n) is 4.79. The van der Waals surface area contributed by atoms with E-state index in [4.69, 9.17) is 39.0 Å². The smallest absolute Gasteiger partial charge is 0.387 e. The summed E-state index contributed by atoms with van der Waals surface area (Å²) < 4.78 is 60.1. The maximum absolute atomic E-state index is 13.1. The molecule has 6 rings (SSSR count). The van der Waals surface area contributed by atoms with Crippen LogP contribution >= 0.6 is 15.6 Å². The van der Waals surface area contributed by atoms with E-state index in [1.807, 2.05) is 0 Å². The minimum atomic E-state index is -5.07. The summed E-state index contributed by atoms with van der Waals surface area (Å²) in [4.78, 5) is 48.9. The molecule has 2 bridgehead atoms. The largest absolute Gasteiger partial charge is 0.472 e. The summed E-state index contributed by atoms with van der Waals surface area (Å²) in [6.07, 6.45) is -9.24. The molecule has 10 atom stereocenters. The Morgan fingerprint density at radius 1 is 0.881 bits per heavy atom. The first-order valence-corrected chi connectivity index (χ1v) is 15.1. The molecule has 0 spiro atoms. The second kappa shape index (κ2) is 10.7. The van der Waals surface area contributed by atoms with Crippen molar-refractivity contribution in [2.45, 2.75) is 49.1 Å². The number of nitrogens with zero attached hydrogens (tertiary/aromatic N) is 6. The molecule has 228 valence electrons. The van der Waals surface area contributed by atoms with Gasteiger partial charge in [0.1, 0.15) is 54.3 Å². The van der Waals surface area contributed by atoms with Crippen LogP contribution in [0.3, 0.4) is 0 Å². The van der Waals surface area contributed by atoms with Gasteiger partial charge < -0.3 is 40.9 Å². The van der Waals surface area contributed by atoms with E-state index >= 15 is 0 Å². The molecule has 3 saturated heterocycles. The van der Waals surface area contributed by atoms with Crippen molar-refractivity contribution in [3.05, 3.63) is 35.4 Å². The van der Waals surface area contributed by atoms with Crippen molar-refractivity contribution < 1.29 is 56.7 Å². The number of ether oxygens (including phenoxy) is 2. The first kappa shape index (κ1) is 29.2. The van der Waals surface area contributed by atoms with Crippen molar-refractivity contribution in [2.24, 2.45) is 0 Å². The third-order valence-corrected chi connectivity index (χ3v) is 8.69. The van der Waals surface area contributed by atoms with Crippen LogP contribution in [0.25, 0.3) is 11.2 Å². The van der Waals surface area contributed by atoms with Crippen molar-refractivity contribution in [1.82, 2.24) is 29.1 Å². The quantitative estimate of drug-likeness (QED) is 0.163. The van der Waals surface area contributed by atoms with Crippen LogP contribution in [0.1, 0.15) is 12.5 Å². The van der Waals surface area contributed by atoms with Gasteiger partial charge in [-0.1, -0.05) is 0 Å². The molecule has 3 aliphatic rings. The predicted molar refractivity (Wildman–Crippen MR) is 134 cm³/mol. The van der Waals surface area contributed by atoms with Gasteiger partial charge in [-0.3, -0.25) is 27.2 Å². The van der Waals surface area contributed by atoms with Gasteiger partial charge in [-0.15, -0.1) is 0 Å². The Hall–Kier alpha value is -2.91. The number of anilines is 2. The summed E-state index contributed by atoms with van der Waals surface area (Å²) in [6, 6.07) is 1.24. The monoisotopic (exact) mass is 634 g/mol. The first-order valence-electron chi connectivity index (χ1n) is 12.1. The number of hydrogen-bond donors (Lipinski definition) is 6. The molecule has 0 amide bonds. The molecular formula is C19H24N8O13P2. The molecule has 3 aliphatic heterocycles. The lowest BCUT2D eigenvalue weighted by molar-refractivity contribution is -0.0682. The zero-order valence-corrected chi connectivity index (χ0v) is 22.8. The molecule has 42 heavy (non-hydrogen) atoms. The Morgan fingerprint density at radius 2 is 1.55 bits per heavy atom. The Balaban J connectivity index is 1.32. The molecular weight excluding hydrogens is 610 g/mol. The number of imidazole rings is 1. The number of hydrogen-bond acceptors (Lipinski definition) is 17. The van der Waals surface area contributed by atoms with Crippen molar-refractivity contribution in [1.29, 1.82) is 0 Å². The van der Waals surface area contributed by atoms with Gasteiger partial charge >= 0.3 is 21.3 Å².